The number of amides is 1. The monoisotopic (exact) mass is 437 g/mol. The van der Waals surface area contributed by atoms with E-state index in [1.807, 2.05) is 0 Å². The summed E-state index contributed by atoms with van der Waals surface area (Å²) in [5.41, 5.74) is 0.105. The van der Waals surface area contributed by atoms with Crippen LogP contribution in [0, 0.1) is 10.1 Å². The van der Waals surface area contributed by atoms with Crippen molar-refractivity contribution < 1.29 is 27.6 Å². The number of rotatable bonds is 10. The summed E-state index contributed by atoms with van der Waals surface area (Å²) in [6.45, 7) is 1.39. The van der Waals surface area contributed by atoms with Gasteiger partial charge in [-0.1, -0.05) is 19.1 Å². The van der Waals surface area contributed by atoms with Gasteiger partial charge < -0.3 is 14.8 Å². The number of nitrogens with one attached hydrogen (secondary N) is 1. The van der Waals surface area contributed by atoms with Crippen LogP contribution in [0.4, 0.5) is 11.4 Å². The van der Waals surface area contributed by atoms with E-state index in [1.165, 1.54) is 14.2 Å². The average Bonchev–Trinajstić information content (AvgIpc) is 2.73. The lowest BCUT2D eigenvalue weighted by Crippen LogP contribution is -2.38. The number of hydrogen-bond donors (Lipinski definition) is 1. The van der Waals surface area contributed by atoms with Gasteiger partial charge in [0.25, 0.3) is 5.69 Å². The molecule has 0 aliphatic rings. The Morgan fingerprint density at radius 1 is 1.13 bits per heavy atom. The number of nitro benzene ring substituents is 1. The number of ether oxygens (including phenoxy) is 2. The zero-order valence-electron chi connectivity index (χ0n) is 16.8. The van der Waals surface area contributed by atoms with Crippen molar-refractivity contribution in [2.45, 2.75) is 18.2 Å². The Morgan fingerprint density at radius 3 is 2.40 bits per heavy atom. The van der Waals surface area contributed by atoms with Crippen molar-refractivity contribution in [3.05, 3.63) is 52.6 Å². The van der Waals surface area contributed by atoms with Gasteiger partial charge in [-0.2, -0.15) is 4.31 Å². The summed E-state index contributed by atoms with van der Waals surface area (Å²) in [5, 5.41) is 13.6. The second-order valence-electron chi connectivity index (χ2n) is 6.18. The molecule has 10 nitrogen and oxygen atoms in total. The summed E-state index contributed by atoms with van der Waals surface area (Å²) < 4.78 is 37.6. The predicted octanol–water partition coefficient (Wildman–Crippen LogP) is 2.65. The molecule has 1 amide bonds. The van der Waals surface area contributed by atoms with Gasteiger partial charge >= 0.3 is 0 Å². The molecule has 0 atom stereocenters. The fraction of sp³-hybridized carbons (Fsp3) is 0.316. The zero-order valence-corrected chi connectivity index (χ0v) is 17.6. The van der Waals surface area contributed by atoms with Gasteiger partial charge in [0.2, 0.25) is 15.9 Å². The van der Waals surface area contributed by atoms with Gasteiger partial charge in [0, 0.05) is 12.6 Å². The van der Waals surface area contributed by atoms with Gasteiger partial charge in [-0.3, -0.25) is 14.9 Å². The first-order valence-electron chi connectivity index (χ1n) is 9.00. The highest BCUT2D eigenvalue weighted by Crippen LogP contribution is 2.31. The Morgan fingerprint density at radius 2 is 1.80 bits per heavy atom. The van der Waals surface area contributed by atoms with Crippen LogP contribution in [-0.2, 0) is 14.8 Å². The molecule has 0 saturated heterocycles. The number of methoxy groups -OCH3 is 2. The van der Waals surface area contributed by atoms with Gasteiger partial charge in [0.1, 0.15) is 16.4 Å². The third-order valence-electron chi connectivity index (χ3n) is 4.15. The quantitative estimate of drug-likeness (QED) is 0.447. The topological polar surface area (TPSA) is 128 Å². The predicted molar refractivity (Wildman–Crippen MR) is 110 cm³/mol. The van der Waals surface area contributed by atoms with E-state index in [0.29, 0.717) is 17.9 Å². The molecule has 0 spiro atoms. The molecule has 0 radical (unpaired) electrons. The van der Waals surface area contributed by atoms with E-state index >= 15 is 0 Å². The Bertz CT molecular complexity index is 1020. The third-order valence-corrected chi connectivity index (χ3v) is 6.03. The normalized spacial score (nSPS) is 11.2. The number of benzene rings is 2. The lowest BCUT2D eigenvalue weighted by atomic mass is 10.3. The van der Waals surface area contributed by atoms with Gasteiger partial charge in [-0.15, -0.1) is 0 Å². The lowest BCUT2D eigenvalue weighted by molar-refractivity contribution is -0.385. The minimum Gasteiger partial charge on any atom is -0.495 e. The number of hydrogen-bond acceptors (Lipinski definition) is 7. The molecule has 0 aromatic heterocycles. The number of carbonyl (C=O) groups is 1. The third kappa shape index (κ3) is 5.24. The van der Waals surface area contributed by atoms with Crippen molar-refractivity contribution in [2.24, 2.45) is 0 Å². The fourth-order valence-corrected chi connectivity index (χ4v) is 4.38. The first-order chi connectivity index (χ1) is 14.2. The summed E-state index contributed by atoms with van der Waals surface area (Å²) in [4.78, 5) is 22.6. The minimum atomic E-state index is -4.16. The first kappa shape index (κ1) is 23.1. The number of sulfonamides is 1. The summed E-state index contributed by atoms with van der Waals surface area (Å²) in [6, 6.07) is 9.96. The number of carbonyl (C=O) groups excluding carboxylic acids is 1. The molecule has 0 aliphatic heterocycles. The Kier molecular flexibility index (Phi) is 7.72. The maximum absolute atomic E-state index is 13.2. The summed E-state index contributed by atoms with van der Waals surface area (Å²) >= 11 is 0. The van der Waals surface area contributed by atoms with E-state index in [1.54, 1.807) is 31.2 Å². The van der Waals surface area contributed by atoms with Gasteiger partial charge in [0.05, 0.1) is 37.4 Å². The van der Waals surface area contributed by atoms with Crippen molar-refractivity contribution in [1.29, 1.82) is 0 Å². The number of para-hydroxylation sites is 2. The van der Waals surface area contributed by atoms with Crippen molar-refractivity contribution in [3.8, 4) is 11.5 Å². The standard InChI is InChI=1S/C19H23N3O7S/c1-4-11-21(13-19(23)20-15-7-5-6-8-16(15)28-2)30(26,27)18-10-9-14(22(24)25)12-17(18)29-3/h5-10,12H,4,11,13H2,1-3H3,(H,20,23). The van der Waals surface area contributed by atoms with E-state index in [9.17, 15) is 23.3 Å². The Balaban J connectivity index is 2.32. The summed E-state index contributed by atoms with van der Waals surface area (Å²) in [6.07, 6.45) is 0.455. The average molecular weight is 437 g/mol. The van der Waals surface area contributed by atoms with Crippen molar-refractivity contribution >= 4 is 27.3 Å². The highest BCUT2D eigenvalue weighted by molar-refractivity contribution is 7.89. The molecule has 0 unspecified atom stereocenters. The maximum atomic E-state index is 13.2. The molecule has 0 fully saturated rings. The van der Waals surface area contributed by atoms with Gasteiger partial charge in [-0.25, -0.2) is 8.42 Å². The SMILES string of the molecule is CCCN(CC(=O)Nc1ccccc1OC)S(=O)(=O)c1ccc([N+](=O)[O-])cc1OC. The maximum Gasteiger partial charge on any atom is 0.273 e. The van der Waals surface area contributed by atoms with Crippen molar-refractivity contribution in [1.82, 2.24) is 4.31 Å². The molecular formula is C19H23N3O7S. The van der Waals surface area contributed by atoms with E-state index in [0.717, 1.165) is 22.5 Å². The first-order valence-corrected chi connectivity index (χ1v) is 10.4. The smallest absolute Gasteiger partial charge is 0.273 e. The summed E-state index contributed by atoms with van der Waals surface area (Å²) in [5.74, 6) is -0.291. The molecule has 30 heavy (non-hydrogen) atoms. The van der Waals surface area contributed by atoms with E-state index in [2.05, 4.69) is 5.32 Å². The number of nitro groups is 1. The van der Waals surface area contributed by atoms with Crippen LogP contribution in [0.2, 0.25) is 0 Å². The molecule has 0 heterocycles. The molecule has 2 aromatic carbocycles. The van der Waals surface area contributed by atoms with Crippen LogP contribution < -0.4 is 14.8 Å². The highest BCUT2D eigenvalue weighted by Gasteiger charge is 2.30. The van der Waals surface area contributed by atoms with Crippen molar-refractivity contribution in [2.75, 3.05) is 32.6 Å². The second-order valence-corrected chi connectivity index (χ2v) is 8.09. The molecule has 162 valence electrons. The Labute approximate surface area is 174 Å². The van der Waals surface area contributed by atoms with Gasteiger partial charge in [0.15, 0.2) is 0 Å². The zero-order chi connectivity index (χ0) is 22.3. The van der Waals surface area contributed by atoms with Crippen LogP contribution in [0.3, 0.4) is 0 Å². The molecule has 0 bridgehead atoms. The molecule has 11 heteroatoms. The molecule has 1 N–H and O–H groups in total. The molecule has 0 aliphatic carbocycles. The number of non-ortho nitro benzene ring substituents is 1. The van der Waals surface area contributed by atoms with E-state index in [-0.39, 0.29) is 22.9 Å². The van der Waals surface area contributed by atoms with E-state index in [4.69, 9.17) is 9.47 Å². The van der Waals surface area contributed by atoms with Crippen LogP contribution >= 0.6 is 0 Å². The number of anilines is 1. The largest absolute Gasteiger partial charge is 0.495 e. The van der Waals surface area contributed by atoms with Crippen LogP contribution in [0.1, 0.15) is 13.3 Å². The highest BCUT2D eigenvalue weighted by atomic mass is 32.2. The molecular weight excluding hydrogens is 414 g/mol. The van der Waals surface area contributed by atoms with Crippen LogP contribution in [0.5, 0.6) is 11.5 Å². The lowest BCUT2D eigenvalue weighted by Gasteiger charge is -2.22. The second kappa shape index (κ2) is 10.0. The summed E-state index contributed by atoms with van der Waals surface area (Å²) in [7, 11) is -1.48. The van der Waals surface area contributed by atoms with Crippen LogP contribution in [0.15, 0.2) is 47.4 Å². The van der Waals surface area contributed by atoms with Crippen LogP contribution in [0.25, 0.3) is 0 Å². The number of nitrogens with zero attached hydrogens (tertiary/aromatic N) is 2. The van der Waals surface area contributed by atoms with Crippen LogP contribution in [-0.4, -0.2) is 50.9 Å². The molecule has 0 saturated carbocycles. The minimum absolute atomic E-state index is 0.0712. The van der Waals surface area contributed by atoms with Crippen molar-refractivity contribution in [3.63, 3.8) is 0 Å². The fourth-order valence-electron chi connectivity index (χ4n) is 2.75. The van der Waals surface area contributed by atoms with Gasteiger partial charge in [-0.05, 0) is 24.6 Å². The molecule has 2 rings (SSSR count). The Hall–Kier alpha value is -3.18. The van der Waals surface area contributed by atoms with E-state index < -0.39 is 27.4 Å². The molecule has 2 aromatic rings.